The van der Waals surface area contributed by atoms with Crippen molar-refractivity contribution in [2.24, 2.45) is 5.41 Å². The Balaban J connectivity index is 1.59. The number of nitrogens with zero attached hydrogens (tertiary/aromatic N) is 2. The summed E-state index contributed by atoms with van der Waals surface area (Å²) < 4.78 is 43.4. The van der Waals surface area contributed by atoms with Crippen molar-refractivity contribution in [3.63, 3.8) is 0 Å². The Morgan fingerprint density at radius 2 is 1.77 bits per heavy atom. The predicted octanol–water partition coefficient (Wildman–Crippen LogP) is 2.24. The van der Waals surface area contributed by atoms with Crippen LogP contribution in [0.25, 0.3) is 0 Å². The van der Waals surface area contributed by atoms with Crippen molar-refractivity contribution in [3.8, 4) is 5.75 Å². The molecular weight excluding hydrogens is 474 g/mol. The number of esters is 1. The van der Waals surface area contributed by atoms with Crippen molar-refractivity contribution in [1.82, 2.24) is 14.5 Å². The van der Waals surface area contributed by atoms with Crippen LogP contribution in [0.5, 0.6) is 5.75 Å². The number of carbonyl (C=O) groups excluding carboxylic acids is 2. The highest BCUT2D eigenvalue weighted by Gasteiger charge is 2.44. The van der Waals surface area contributed by atoms with Gasteiger partial charge in [0, 0.05) is 32.2 Å². The van der Waals surface area contributed by atoms with Gasteiger partial charge in [0.15, 0.2) is 6.04 Å². The Bertz CT molecular complexity index is 1010. The SMILES string of the molecule is COC(=O)[C@H](COC(C)(C)C)NC(=O)N1CCC2(CCN(S(=O)(=O)c3cccc(OC)c3)CC2)C1. The molecule has 10 nitrogen and oxygen atoms in total. The molecule has 0 aromatic heterocycles. The number of sulfonamides is 1. The summed E-state index contributed by atoms with van der Waals surface area (Å²) in [7, 11) is -0.844. The minimum atomic E-state index is -3.62. The second-order valence-electron chi connectivity index (χ2n) is 10.2. The van der Waals surface area contributed by atoms with E-state index in [4.69, 9.17) is 14.2 Å². The van der Waals surface area contributed by atoms with Gasteiger partial charge >= 0.3 is 12.0 Å². The molecule has 1 aromatic rings. The number of hydrogen-bond acceptors (Lipinski definition) is 7. The Labute approximate surface area is 207 Å². The molecule has 1 N–H and O–H groups in total. The van der Waals surface area contributed by atoms with Gasteiger partial charge in [-0.2, -0.15) is 4.31 Å². The van der Waals surface area contributed by atoms with Gasteiger partial charge in [0.2, 0.25) is 10.0 Å². The smallest absolute Gasteiger partial charge is 0.330 e. The molecule has 196 valence electrons. The highest BCUT2D eigenvalue weighted by Crippen LogP contribution is 2.41. The number of carbonyl (C=O) groups is 2. The standard InChI is InChI=1S/C24H37N3O7S/c1-23(2,3)34-16-20(21(28)33-5)25-22(29)26-12-9-24(17-26)10-13-27(14-11-24)35(30,31)19-8-6-7-18(15-19)32-4/h6-8,15,20H,9-14,16-17H2,1-5H3,(H,25,29)/t20-/m0/s1. The van der Waals surface area contributed by atoms with E-state index in [1.165, 1.54) is 24.6 Å². The van der Waals surface area contributed by atoms with Crippen LogP contribution in [0.3, 0.4) is 0 Å². The van der Waals surface area contributed by atoms with Crippen LogP contribution in [0.2, 0.25) is 0 Å². The Hall–Kier alpha value is -2.37. The third-order valence-electron chi connectivity index (χ3n) is 6.65. The summed E-state index contributed by atoms with van der Waals surface area (Å²) in [4.78, 5) is 27.0. The molecule has 2 heterocycles. The van der Waals surface area contributed by atoms with E-state index in [9.17, 15) is 18.0 Å². The number of ether oxygens (including phenoxy) is 3. The Morgan fingerprint density at radius 3 is 2.37 bits per heavy atom. The largest absolute Gasteiger partial charge is 0.497 e. The summed E-state index contributed by atoms with van der Waals surface area (Å²) >= 11 is 0. The van der Waals surface area contributed by atoms with E-state index in [-0.39, 0.29) is 22.9 Å². The van der Waals surface area contributed by atoms with E-state index in [0.717, 1.165) is 6.42 Å². The molecule has 3 rings (SSSR count). The average Bonchev–Trinajstić information content (AvgIpc) is 3.24. The first kappa shape index (κ1) is 27.2. The molecular formula is C24H37N3O7S. The van der Waals surface area contributed by atoms with Crippen LogP contribution < -0.4 is 10.1 Å². The first-order chi connectivity index (χ1) is 16.4. The number of nitrogens with one attached hydrogen (secondary N) is 1. The zero-order chi connectivity index (χ0) is 25.9. The van der Waals surface area contributed by atoms with Crippen LogP contribution >= 0.6 is 0 Å². The van der Waals surface area contributed by atoms with E-state index in [2.05, 4.69) is 5.32 Å². The first-order valence-electron chi connectivity index (χ1n) is 11.8. The number of benzene rings is 1. The molecule has 2 saturated heterocycles. The highest BCUT2D eigenvalue weighted by atomic mass is 32.2. The normalized spacial score (nSPS) is 19.4. The van der Waals surface area contributed by atoms with Crippen molar-refractivity contribution in [3.05, 3.63) is 24.3 Å². The maximum absolute atomic E-state index is 13.1. The topological polar surface area (TPSA) is 114 Å². The van der Waals surface area contributed by atoms with Crippen LogP contribution in [-0.4, -0.2) is 88.3 Å². The maximum Gasteiger partial charge on any atom is 0.330 e. The molecule has 1 spiro atoms. The molecule has 2 amide bonds. The van der Waals surface area contributed by atoms with Gasteiger partial charge in [-0.25, -0.2) is 18.0 Å². The van der Waals surface area contributed by atoms with Gasteiger partial charge in [0.05, 0.1) is 31.3 Å². The lowest BCUT2D eigenvalue weighted by molar-refractivity contribution is -0.146. The summed E-state index contributed by atoms with van der Waals surface area (Å²) in [6, 6.07) is 5.23. The third kappa shape index (κ3) is 6.65. The fourth-order valence-electron chi connectivity index (χ4n) is 4.51. The zero-order valence-corrected chi connectivity index (χ0v) is 22.0. The fraction of sp³-hybridized carbons (Fsp3) is 0.667. The van der Waals surface area contributed by atoms with Crippen LogP contribution in [0.4, 0.5) is 4.79 Å². The molecule has 2 aliphatic rings. The molecule has 0 unspecified atom stereocenters. The number of urea groups is 1. The average molecular weight is 512 g/mol. The fourth-order valence-corrected chi connectivity index (χ4v) is 5.99. The molecule has 1 atom stereocenters. The summed E-state index contributed by atoms with van der Waals surface area (Å²) in [5.74, 6) is -0.0669. The lowest BCUT2D eigenvalue weighted by Crippen LogP contribution is -2.51. The van der Waals surface area contributed by atoms with Gasteiger partial charge in [-0.05, 0) is 57.6 Å². The van der Waals surface area contributed by atoms with Crippen LogP contribution in [-0.2, 0) is 24.3 Å². The summed E-state index contributed by atoms with van der Waals surface area (Å²) in [5, 5.41) is 2.74. The molecule has 35 heavy (non-hydrogen) atoms. The second-order valence-corrected chi connectivity index (χ2v) is 12.1. The molecule has 0 bridgehead atoms. The minimum absolute atomic E-state index is 0.0119. The van der Waals surface area contributed by atoms with Gasteiger partial charge in [0.1, 0.15) is 5.75 Å². The monoisotopic (exact) mass is 511 g/mol. The van der Waals surface area contributed by atoms with Crippen molar-refractivity contribution in [2.75, 3.05) is 47.0 Å². The van der Waals surface area contributed by atoms with E-state index in [1.807, 2.05) is 20.8 Å². The third-order valence-corrected chi connectivity index (χ3v) is 8.55. The highest BCUT2D eigenvalue weighted by molar-refractivity contribution is 7.89. The lowest BCUT2D eigenvalue weighted by Gasteiger charge is -2.38. The van der Waals surface area contributed by atoms with E-state index in [0.29, 0.717) is 44.8 Å². The summed E-state index contributed by atoms with van der Waals surface area (Å²) in [6.07, 6.45) is 2.11. The van der Waals surface area contributed by atoms with Crippen molar-refractivity contribution in [1.29, 1.82) is 0 Å². The Morgan fingerprint density at radius 1 is 1.11 bits per heavy atom. The number of amides is 2. The number of hydrogen-bond donors (Lipinski definition) is 1. The lowest BCUT2D eigenvalue weighted by atomic mass is 9.78. The molecule has 11 heteroatoms. The first-order valence-corrected chi connectivity index (χ1v) is 13.2. The molecule has 2 fully saturated rings. The van der Waals surface area contributed by atoms with Gasteiger partial charge < -0.3 is 24.4 Å². The van der Waals surface area contributed by atoms with E-state index >= 15 is 0 Å². The molecule has 2 aliphatic heterocycles. The minimum Gasteiger partial charge on any atom is -0.497 e. The predicted molar refractivity (Wildman–Crippen MR) is 130 cm³/mol. The van der Waals surface area contributed by atoms with E-state index in [1.54, 1.807) is 23.1 Å². The number of rotatable bonds is 7. The van der Waals surface area contributed by atoms with Crippen LogP contribution in [0.1, 0.15) is 40.0 Å². The molecule has 0 radical (unpaired) electrons. The second kappa shape index (κ2) is 10.7. The molecule has 0 aliphatic carbocycles. The summed E-state index contributed by atoms with van der Waals surface area (Å²) in [5.41, 5.74) is -0.603. The Kier molecular flexibility index (Phi) is 8.33. The van der Waals surface area contributed by atoms with Crippen molar-refractivity contribution < 1.29 is 32.2 Å². The zero-order valence-electron chi connectivity index (χ0n) is 21.2. The van der Waals surface area contributed by atoms with E-state index < -0.39 is 27.6 Å². The van der Waals surface area contributed by atoms with Gasteiger partial charge in [-0.15, -0.1) is 0 Å². The van der Waals surface area contributed by atoms with Crippen molar-refractivity contribution in [2.45, 2.75) is 56.6 Å². The van der Waals surface area contributed by atoms with Gasteiger partial charge in [0.25, 0.3) is 0 Å². The van der Waals surface area contributed by atoms with Crippen molar-refractivity contribution >= 4 is 22.0 Å². The molecule has 1 aromatic carbocycles. The van der Waals surface area contributed by atoms with Crippen LogP contribution in [0.15, 0.2) is 29.2 Å². The summed E-state index contributed by atoms with van der Waals surface area (Å²) in [6.45, 7) is 7.45. The number of methoxy groups -OCH3 is 2. The molecule has 0 saturated carbocycles. The van der Waals surface area contributed by atoms with Crippen LogP contribution in [0, 0.1) is 5.41 Å². The quantitative estimate of drug-likeness (QED) is 0.559. The van der Waals surface area contributed by atoms with Gasteiger partial charge in [-0.3, -0.25) is 0 Å². The number of likely N-dealkylation sites (tertiary alicyclic amines) is 1. The number of piperidine rings is 1. The van der Waals surface area contributed by atoms with Gasteiger partial charge in [-0.1, -0.05) is 6.07 Å². The maximum atomic E-state index is 13.1.